The van der Waals surface area contributed by atoms with Crippen LogP contribution in [-0.2, 0) is 5.41 Å². The Kier molecular flexibility index (Phi) is 5.17. The molecule has 0 spiro atoms. The predicted molar refractivity (Wildman–Crippen MR) is 84.4 cm³/mol. The highest BCUT2D eigenvalue weighted by molar-refractivity contribution is 5.29. The smallest absolute Gasteiger partial charge is 0.0318 e. The molecule has 1 atom stereocenters. The number of nitrogens with one attached hydrogen (secondary N) is 1. The molecule has 0 radical (unpaired) electrons. The molecule has 0 saturated carbocycles. The lowest BCUT2D eigenvalue weighted by molar-refractivity contribution is 0.411. The summed E-state index contributed by atoms with van der Waals surface area (Å²) in [6.45, 7) is 10.9. The molecule has 3 N–H and O–H groups in total. The van der Waals surface area contributed by atoms with Crippen molar-refractivity contribution in [1.29, 1.82) is 0 Å². The summed E-state index contributed by atoms with van der Waals surface area (Å²) in [6, 6.07) is 9.36. The fraction of sp³-hybridized carbons (Fsp3) is 0.647. The summed E-state index contributed by atoms with van der Waals surface area (Å²) >= 11 is 0. The number of benzene rings is 1. The second-order valence-electron chi connectivity index (χ2n) is 7.24. The molecule has 0 aromatic heterocycles. The van der Waals surface area contributed by atoms with Gasteiger partial charge in [0.2, 0.25) is 0 Å². The molecule has 1 unspecified atom stereocenters. The van der Waals surface area contributed by atoms with Crippen LogP contribution in [0, 0.1) is 0 Å². The minimum absolute atomic E-state index is 0.0968. The average molecular weight is 262 g/mol. The monoisotopic (exact) mass is 262 g/mol. The van der Waals surface area contributed by atoms with E-state index in [0.717, 1.165) is 12.8 Å². The largest absolute Gasteiger partial charge is 0.326 e. The van der Waals surface area contributed by atoms with Gasteiger partial charge in [0, 0.05) is 11.6 Å². The third-order valence-electron chi connectivity index (χ3n) is 3.60. The second-order valence-corrected chi connectivity index (χ2v) is 7.24. The van der Waals surface area contributed by atoms with Gasteiger partial charge < -0.3 is 11.1 Å². The Labute approximate surface area is 118 Å². The molecule has 0 aliphatic heterocycles. The predicted octanol–water partition coefficient (Wildman–Crippen LogP) is 3.76. The van der Waals surface area contributed by atoms with Gasteiger partial charge in [-0.05, 0) is 50.3 Å². The van der Waals surface area contributed by atoms with E-state index in [1.54, 1.807) is 0 Å². The average Bonchev–Trinajstić information content (AvgIpc) is 2.28. The molecule has 0 aliphatic carbocycles. The van der Waals surface area contributed by atoms with Gasteiger partial charge in [-0.2, -0.15) is 0 Å². The maximum absolute atomic E-state index is 6.07. The topological polar surface area (TPSA) is 38.0 Å². The maximum atomic E-state index is 6.07. The van der Waals surface area contributed by atoms with Crippen LogP contribution in [0.5, 0.6) is 0 Å². The first kappa shape index (κ1) is 16.2. The Morgan fingerprint density at radius 1 is 1.05 bits per heavy atom. The summed E-state index contributed by atoms with van der Waals surface area (Å²) in [5.41, 5.74) is 8.92. The molecule has 0 aliphatic rings. The van der Waals surface area contributed by atoms with Crippen LogP contribution in [0.1, 0.15) is 64.6 Å². The lowest BCUT2D eigenvalue weighted by Crippen LogP contribution is -2.33. The molecule has 0 amide bonds. The molecular weight excluding hydrogens is 232 g/mol. The van der Waals surface area contributed by atoms with Gasteiger partial charge in [0.05, 0.1) is 0 Å². The summed E-state index contributed by atoms with van der Waals surface area (Å²) in [5, 5.41) is 3.39. The molecule has 2 heteroatoms. The Balaban J connectivity index is 2.77. The molecule has 108 valence electrons. The van der Waals surface area contributed by atoms with E-state index in [2.05, 4.69) is 64.2 Å². The summed E-state index contributed by atoms with van der Waals surface area (Å²) in [4.78, 5) is 0. The molecule has 0 fully saturated rings. The van der Waals surface area contributed by atoms with Crippen LogP contribution < -0.4 is 11.1 Å². The highest BCUT2D eigenvalue weighted by atomic mass is 14.9. The molecule has 1 rings (SSSR count). The molecule has 2 nitrogen and oxygen atoms in total. The van der Waals surface area contributed by atoms with E-state index in [1.807, 2.05) is 7.05 Å². The van der Waals surface area contributed by atoms with Crippen LogP contribution in [0.25, 0.3) is 0 Å². The summed E-state index contributed by atoms with van der Waals surface area (Å²) < 4.78 is 0. The highest BCUT2D eigenvalue weighted by Crippen LogP contribution is 2.26. The van der Waals surface area contributed by atoms with Crippen molar-refractivity contribution in [1.82, 2.24) is 5.32 Å². The van der Waals surface area contributed by atoms with Gasteiger partial charge in [-0.15, -0.1) is 0 Å². The molecule has 19 heavy (non-hydrogen) atoms. The number of rotatable bonds is 5. The summed E-state index contributed by atoms with van der Waals surface area (Å²) in [7, 11) is 2.02. The number of hydrogen-bond acceptors (Lipinski definition) is 2. The molecule has 0 heterocycles. The zero-order valence-corrected chi connectivity index (χ0v) is 13.4. The van der Waals surface area contributed by atoms with Gasteiger partial charge in [0.25, 0.3) is 0 Å². The van der Waals surface area contributed by atoms with E-state index in [-0.39, 0.29) is 11.0 Å². The summed E-state index contributed by atoms with van der Waals surface area (Å²) in [6.07, 6.45) is 2.08. The first-order valence-corrected chi connectivity index (χ1v) is 7.20. The number of hydrogen-bond donors (Lipinski definition) is 2. The standard InChI is InChI=1S/C17H30N2/c1-16(2,3)14-9-7-13(8-10-14)15(19-6)11-12-17(4,5)18/h7-10,15,19H,11-12,18H2,1-6H3. The molecular formula is C17H30N2. The fourth-order valence-corrected chi connectivity index (χ4v) is 2.21. The Morgan fingerprint density at radius 2 is 1.58 bits per heavy atom. The van der Waals surface area contributed by atoms with Crippen LogP contribution in [0.4, 0.5) is 0 Å². The van der Waals surface area contributed by atoms with Crippen molar-refractivity contribution in [2.24, 2.45) is 5.73 Å². The van der Waals surface area contributed by atoms with Crippen molar-refractivity contribution >= 4 is 0 Å². The maximum Gasteiger partial charge on any atom is 0.0318 e. The van der Waals surface area contributed by atoms with Crippen molar-refractivity contribution < 1.29 is 0 Å². The molecule has 0 saturated heterocycles. The van der Waals surface area contributed by atoms with E-state index in [1.165, 1.54) is 11.1 Å². The van der Waals surface area contributed by atoms with Gasteiger partial charge >= 0.3 is 0 Å². The Morgan fingerprint density at radius 3 is 1.95 bits per heavy atom. The highest BCUT2D eigenvalue weighted by Gasteiger charge is 2.17. The molecule has 1 aromatic carbocycles. The second kappa shape index (κ2) is 6.06. The van der Waals surface area contributed by atoms with E-state index < -0.39 is 0 Å². The van der Waals surface area contributed by atoms with E-state index in [9.17, 15) is 0 Å². The third-order valence-corrected chi connectivity index (χ3v) is 3.60. The SMILES string of the molecule is CNC(CCC(C)(C)N)c1ccc(C(C)(C)C)cc1. The minimum atomic E-state index is -0.0968. The number of nitrogens with two attached hydrogens (primary N) is 1. The molecule has 0 bridgehead atoms. The van der Waals surface area contributed by atoms with Gasteiger partial charge in [0.15, 0.2) is 0 Å². The van der Waals surface area contributed by atoms with E-state index in [0.29, 0.717) is 6.04 Å². The van der Waals surface area contributed by atoms with Crippen LogP contribution in [0.15, 0.2) is 24.3 Å². The zero-order chi connectivity index (χ0) is 14.7. The van der Waals surface area contributed by atoms with Crippen molar-refractivity contribution in [3.05, 3.63) is 35.4 Å². The van der Waals surface area contributed by atoms with E-state index in [4.69, 9.17) is 5.73 Å². The van der Waals surface area contributed by atoms with Crippen LogP contribution in [0.3, 0.4) is 0 Å². The van der Waals surface area contributed by atoms with Gasteiger partial charge in [-0.3, -0.25) is 0 Å². The third kappa shape index (κ3) is 5.33. The normalized spacial score (nSPS) is 14.5. The first-order chi connectivity index (χ1) is 8.63. The first-order valence-electron chi connectivity index (χ1n) is 7.20. The summed E-state index contributed by atoms with van der Waals surface area (Å²) in [5.74, 6) is 0. The van der Waals surface area contributed by atoms with Gasteiger partial charge in [0.1, 0.15) is 0 Å². The van der Waals surface area contributed by atoms with Crippen LogP contribution in [0.2, 0.25) is 0 Å². The lowest BCUT2D eigenvalue weighted by Gasteiger charge is -2.24. The van der Waals surface area contributed by atoms with Crippen molar-refractivity contribution in [3.8, 4) is 0 Å². The fourth-order valence-electron chi connectivity index (χ4n) is 2.21. The quantitative estimate of drug-likeness (QED) is 0.848. The van der Waals surface area contributed by atoms with Crippen molar-refractivity contribution in [3.63, 3.8) is 0 Å². The minimum Gasteiger partial charge on any atom is -0.326 e. The van der Waals surface area contributed by atoms with Crippen molar-refractivity contribution in [2.75, 3.05) is 7.05 Å². The van der Waals surface area contributed by atoms with Gasteiger partial charge in [-0.1, -0.05) is 45.0 Å². The Hall–Kier alpha value is -0.860. The molecule has 1 aromatic rings. The van der Waals surface area contributed by atoms with Crippen molar-refractivity contribution in [2.45, 2.75) is 64.5 Å². The van der Waals surface area contributed by atoms with E-state index >= 15 is 0 Å². The lowest BCUT2D eigenvalue weighted by atomic mass is 9.85. The van der Waals surface area contributed by atoms with Crippen LogP contribution >= 0.6 is 0 Å². The Bertz CT molecular complexity index is 379. The van der Waals surface area contributed by atoms with Crippen LogP contribution in [-0.4, -0.2) is 12.6 Å². The zero-order valence-electron chi connectivity index (χ0n) is 13.4. The van der Waals surface area contributed by atoms with Gasteiger partial charge in [-0.25, -0.2) is 0 Å².